The molecule has 1 aliphatic heterocycles. The number of pyridine rings is 1. The molecule has 100 valence electrons. The quantitative estimate of drug-likeness (QED) is 0.784. The molecule has 0 amide bonds. The van der Waals surface area contributed by atoms with Crippen LogP contribution in [0.25, 0.3) is 0 Å². The number of halogens is 1. The molecule has 4 heteroatoms. The molecule has 2 heterocycles. The van der Waals surface area contributed by atoms with Gasteiger partial charge in [-0.25, -0.2) is 4.98 Å². The molecule has 3 nitrogen and oxygen atoms in total. The summed E-state index contributed by atoms with van der Waals surface area (Å²) in [7, 11) is 0. The third-order valence-electron chi connectivity index (χ3n) is 3.43. The summed E-state index contributed by atoms with van der Waals surface area (Å²) in [5.74, 6) is 3.04. The third-order valence-corrected chi connectivity index (χ3v) is 3.74. The van der Waals surface area contributed by atoms with Crippen LogP contribution in [0.3, 0.4) is 0 Å². The van der Waals surface area contributed by atoms with Gasteiger partial charge in [0, 0.05) is 24.7 Å². The summed E-state index contributed by atoms with van der Waals surface area (Å²) in [6.07, 6.45) is 3.13. The number of anilines is 1. The van der Waals surface area contributed by atoms with Crippen LogP contribution in [0.5, 0.6) is 5.75 Å². The fraction of sp³-hybridized carbons (Fsp3) is 0.643. The molecule has 1 saturated heterocycles. The molecule has 2 rings (SSSR count). The van der Waals surface area contributed by atoms with E-state index in [1.54, 1.807) is 0 Å². The van der Waals surface area contributed by atoms with Crippen LogP contribution < -0.4 is 9.64 Å². The Hall–Kier alpha value is -0.960. The average molecular weight is 269 g/mol. The lowest BCUT2D eigenvalue weighted by Gasteiger charge is -2.28. The first-order chi connectivity index (χ1) is 8.63. The second kappa shape index (κ2) is 5.79. The van der Waals surface area contributed by atoms with E-state index in [0.29, 0.717) is 17.8 Å². The van der Waals surface area contributed by atoms with Crippen LogP contribution in [-0.4, -0.2) is 29.6 Å². The topological polar surface area (TPSA) is 25.4 Å². The molecule has 1 aromatic rings. The molecule has 18 heavy (non-hydrogen) atoms. The number of hydrogen-bond acceptors (Lipinski definition) is 3. The van der Waals surface area contributed by atoms with Crippen LogP contribution in [0.2, 0.25) is 0 Å². The summed E-state index contributed by atoms with van der Waals surface area (Å²) >= 11 is 6.10. The molecule has 0 bridgehead atoms. The maximum Gasteiger partial charge on any atom is 0.171 e. The van der Waals surface area contributed by atoms with Gasteiger partial charge in [0.25, 0.3) is 0 Å². The first kappa shape index (κ1) is 13.5. The molecule has 0 saturated carbocycles. The van der Waals surface area contributed by atoms with Crippen molar-refractivity contribution in [2.24, 2.45) is 5.92 Å². The van der Waals surface area contributed by atoms with Crippen LogP contribution >= 0.6 is 11.6 Å². The van der Waals surface area contributed by atoms with Gasteiger partial charge in [0.2, 0.25) is 0 Å². The van der Waals surface area contributed by atoms with Gasteiger partial charge in [0.1, 0.15) is 0 Å². The normalized spacial score (nSPS) is 23.7. The molecule has 0 radical (unpaired) electrons. The highest BCUT2D eigenvalue weighted by Gasteiger charge is 2.32. The van der Waals surface area contributed by atoms with Crippen molar-refractivity contribution < 1.29 is 4.74 Å². The minimum absolute atomic E-state index is 0.155. The predicted octanol–water partition coefficient (Wildman–Crippen LogP) is 3.32. The lowest BCUT2D eigenvalue weighted by Crippen LogP contribution is -2.34. The molecule has 0 aromatic carbocycles. The maximum atomic E-state index is 6.10. The van der Waals surface area contributed by atoms with E-state index in [2.05, 4.69) is 16.8 Å². The molecule has 2 atom stereocenters. The fourth-order valence-electron chi connectivity index (χ4n) is 2.45. The van der Waals surface area contributed by atoms with E-state index in [1.807, 2.05) is 32.2 Å². The van der Waals surface area contributed by atoms with Crippen LogP contribution in [0.15, 0.2) is 18.3 Å². The Morgan fingerprint density at radius 2 is 2.33 bits per heavy atom. The minimum atomic E-state index is 0.155. The van der Waals surface area contributed by atoms with Crippen molar-refractivity contribution in [3.63, 3.8) is 0 Å². The van der Waals surface area contributed by atoms with Gasteiger partial charge in [-0.2, -0.15) is 0 Å². The summed E-state index contributed by atoms with van der Waals surface area (Å²) in [6, 6.07) is 4.25. The number of aromatic nitrogens is 1. The van der Waals surface area contributed by atoms with E-state index in [1.165, 1.54) is 0 Å². The second-order valence-corrected chi connectivity index (χ2v) is 5.48. The Kier molecular flexibility index (Phi) is 4.33. The van der Waals surface area contributed by atoms with E-state index in [4.69, 9.17) is 16.3 Å². The van der Waals surface area contributed by atoms with Gasteiger partial charge in [-0.05, 0) is 38.3 Å². The summed E-state index contributed by atoms with van der Waals surface area (Å²) in [6.45, 7) is 7.31. The molecule has 2 unspecified atom stereocenters. The zero-order chi connectivity index (χ0) is 13.1. The molecule has 0 N–H and O–H groups in total. The Morgan fingerprint density at radius 1 is 1.56 bits per heavy atom. The number of alkyl halides is 1. The van der Waals surface area contributed by atoms with Crippen molar-refractivity contribution in [3.8, 4) is 5.75 Å². The van der Waals surface area contributed by atoms with Crippen LogP contribution in [-0.2, 0) is 0 Å². The number of nitrogens with zero attached hydrogens (tertiary/aromatic N) is 2. The zero-order valence-electron chi connectivity index (χ0n) is 11.3. The largest absolute Gasteiger partial charge is 0.487 e. The fourth-order valence-corrected chi connectivity index (χ4v) is 2.92. The maximum absolute atomic E-state index is 6.10. The molecule has 1 aliphatic rings. The lowest BCUT2D eigenvalue weighted by molar-refractivity contribution is 0.242. The number of rotatable bonds is 4. The first-order valence-corrected chi connectivity index (χ1v) is 7.11. The number of hydrogen-bond donors (Lipinski definition) is 0. The van der Waals surface area contributed by atoms with Gasteiger partial charge in [-0.3, -0.25) is 0 Å². The summed E-state index contributed by atoms with van der Waals surface area (Å²) < 4.78 is 5.84. The Bertz CT molecular complexity index is 397. The van der Waals surface area contributed by atoms with Gasteiger partial charge >= 0.3 is 0 Å². The van der Waals surface area contributed by atoms with Crippen LogP contribution in [0, 0.1) is 5.92 Å². The van der Waals surface area contributed by atoms with Gasteiger partial charge in [0.05, 0.1) is 6.10 Å². The van der Waals surface area contributed by atoms with Crippen LogP contribution in [0.4, 0.5) is 5.82 Å². The van der Waals surface area contributed by atoms with E-state index in [9.17, 15) is 0 Å². The monoisotopic (exact) mass is 268 g/mol. The highest BCUT2D eigenvalue weighted by atomic mass is 35.5. The third kappa shape index (κ3) is 2.72. The molecular formula is C14H21ClN2O. The summed E-state index contributed by atoms with van der Waals surface area (Å²) in [4.78, 5) is 6.78. The van der Waals surface area contributed by atoms with E-state index in [0.717, 1.165) is 24.5 Å². The van der Waals surface area contributed by atoms with Crippen molar-refractivity contribution in [3.05, 3.63) is 18.3 Å². The highest BCUT2D eigenvalue weighted by molar-refractivity contribution is 6.18. The van der Waals surface area contributed by atoms with E-state index >= 15 is 0 Å². The average Bonchev–Trinajstić information content (AvgIpc) is 2.70. The highest BCUT2D eigenvalue weighted by Crippen LogP contribution is 2.34. The van der Waals surface area contributed by atoms with Crippen molar-refractivity contribution in [1.82, 2.24) is 4.98 Å². The molecular weight excluding hydrogens is 248 g/mol. The van der Waals surface area contributed by atoms with Crippen molar-refractivity contribution in [1.29, 1.82) is 0 Å². The standard InChI is InChI=1S/C14H21ClN2O/c1-10(2)18-13-5-4-7-16-14(13)17-8-6-11(3)12(17)9-15/h4-5,7,10-12H,6,8-9H2,1-3H3. The van der Waals surface area contributed by atoms with Crippen molar-refractivity contribution in [2.45, 2.75) is 39.3 Å². The smallest absolute Gasteiger partial charge is 0.171 e. The second-order valence-electron chi connectivity index (χ2n) is 5.17. The van der Waals surface area contributed by atoms with Gasteiger partial charge in [0.15, 0.2) is 11.6 Å². The predicted molar refractivity (Wildman–Crippen MR) is 75.6 cm³/mol. The molecule has 0 spiro atoms. The zero-order valence-corrected chi connectivity index (χ0v) is 12.0. The van der Waals surface area contributed by atoms with E-state index < -0.39 is 0 Å². The minimum Gasteiger partial charge on any atom is -0.487 e. The number of ether oxygens (including phenoxy) is 1. The van der Waals surface area contributed by atoms with Gasteiger partial charge in [-0.15, -0.1) is 11.6 Å². The van der Waals surface area contributed by atoms with Crippen molar-refractivity contribution >= 4 is 17.4 Å². The van der Waals surface area contributed by atoms with Gasteiger partial charge in [-0.1, -0.05) is 6.92 Å². The Labute approximate surface area is 114 Å². The van der Waals surface area contributed by atoms with Crippen molar-refractivity contribution in [2.75, 3.05) is 17.3 Å². The van der Waals surface area contributed by atoms with E-state index in [-0.39, 0.29) is 6.10 Å². The molecule has 0 aliphatic carbocycles. The first-order valence-electron chi connectivity index (χ1n) is 6.57. The summed E-state index contributed by atoms with van der Waals surface area (Å²) in [5, 5.41) is 0. The Balaban J connectivity index is 2.27. The molecule has 1 aromatic heterocycles. The van der Waals surface area contributed by atoms with Gasteiger partial charge < -0.3 is 9.64 Å². The Morgan fingerprint density at radius 3 is 3.00 bits per heavy atom. The SMILES string of the molecule is CC(C)Oc1cccnc1N1CCC(C)C1CCl. The van der Waals surface area contributed by atoms with Crippen LogP contribution in [0.1, 0.15) is 27.2 Å². The lowest BCUT2D eigenvalue weighted by atomic mass is 10.1. The molecule has 1 fully saturated rings. The summed E-state index contributed by atoms with van der Waals surface area (Å²) in [5.41, 5.74) is 0.